The summed E-state index contributed by atoms with van der Waals surface area (Å²) in [5, 5.41) is 21.7. The zero-order valence-corrected chi connectivity index (χ0v) is 11.1. The molecule has 0 aliphatic rings. The lowest BCUT2D eigenvalue weighted by Crippen LogP contribution is -2.70. The van der Waals surface area contributed by atoms with E-state index < -0.39 is 18.1 Å². The first-order valence-corrected chi connectivity index (χ1v) is 5.78. The molecule has 7 nitrogen and oxygen atoms in total. The van der Waals surface area contributed by atoms with Gasteiger partial charge >= 0.3 is 5.97 Å². The highest BCUT2D eigenvalue weighted by molar-refractivity contribution is 7.80. The number of carboxylic acids is 1. The van der Waals surface area contributed by atoms with Crippen molar-refractivity contribution in [2.24, 2.45) is 0 Å². The van der Waals surface area contributed by atoms with E-state index in [0.29, 0.717) is 11.3 Å². The number of thiocarbonyl (C=S) groups is 1. The van der Waals surface area contributed by atoms with Crippen molar-refractivity contribution in [3.8, 4) is 5.75 Å². The van der Waals surface area contributed by atoms with Crippen molar-refractivity contribution in [2.45, 2.75) is 12.1 Å². The number of quaternary nitrogens is 1. The van der Waals surface area contributed by atoms with Gasteiger partial charge in [-0.2, -0.15) is 0 Å². The van der Waals surface area contributed by atoms with Crippen molar-refractivity contribution in [1.82, 2.24) is 10.7 Å². The fourth-order valence-electron chi connectivity index (χ4n) is 1.46. The van der Waals surface area contributed by atoms with Gasteiger partial charge in [0.15, 0.2) is 6.04 Å². The number of hydrogen-bond donors (Lipinski definition) is 5. The fraction of sp³-hybridized carbons (Fsp3) is 0.273. The Kier molecular flexibility index (Phi) is 5.49. The highest BCUT2D eigenvalue weighted by Gasteiger charge is 2.28. The topological polar surface area (TPSA) is 118 Å². The number of carboxylic acid groups (broad SMARTS) is 1. The molecule has 0 aliphatic heterocycles. The second-order valence-corrected chi connectivity index (χ2v) is 4.09. The van der Waals surface area contributed by atoms with Gasteiger partial charge in [-0.3, -0.25) is 5.84 Å². The van der Waals surface area contributed by atoms with Gasteiger partial charge in [0.2, 0.25) is 5.11 Å². The zero-order valence-electron chi connectivity index (χ0n) is 10.3. The molecule has 1 aromatic carbocycles. The predicted octanol–water partition coefficient (Wildman–Crippen LogP) is -1.20. The van der Waals surface area contributed by atoms with Gasteiger partial charge in [-0.25, -0.2) is 10.2 Å². The van der Waals surface area contributed by atoms with Gasteiger partial charge < -0.3 is 20.3 Å². The minimum atomic E-state index is -1.27. The summed E-state index contributed by atoms with van der Waals surface area (Å²) in [4.78, 5) is 11.1. The molecule has 0 bridgehead atoms. The number of carbonyl (C=O) groups is 1. The van der Waals surface area contributed by atoms with Gasteiger partial charge in [-0.1, -0.05) is 12.1 Å². The number of hydrogen-bond acceptors (Lipinski definition) is 4. The number of rotatable bonds is 5. The molecule has 0 heterocycles. The van der Waals surface area contributed by atoms with Crippen LogP contribution in [0.5, 0.6) is 5.75 Å². The highest BCUT2D eigenvalue weighted by atomic mass is 32.1. The minimum Gasteiger partial charge on any atom is -0.497 e. The van der Waals surface area contributed by atoms with Gasteiger partial charge in [0.1, 0.15) is 11.9 Å². The van der Waals surface area contributed by atoms with Gasteiger partial charge in [-0.15, -0.1) is 0 Å². The van der Waals surface area contributed by atoms with E-state index in [1.54, 1.807) is 24.3 Å². The molecule has 8 heteroatoms. The highest BCUT2D eigenvalue weighted by Crippen LogP contribution is 2.20. The maximum absolute atomic E-state index is 11.1. The van der Waals surface area contributed by atoms with Crippen molar-refractivity contribution >= 4 is 23.3 Å². The standard InChI is InChI=1S/C11H15N3O4S/c1-18-7-4-2-6(3-5-7)9(15)8(10(16)17)13-11(19)14-12/h2-5,8-9,15H,12H2,1H3,(H,16,17)(H2,13,14,19)/p+1. The lowest BCUT2D eigenvalue weighted by atomic mass is 10.0. The molecular weight excluding hydrogens is 270 g/mol. The van der Waals surface area contributed by atoms with Crippen LogP contribution in [0.15, 0.2) is 24.3 Å². The van der Waals surface area contributed by atoms with Crippen molar-refractivity contribution in [2.75, 3.05) is 7.11 Å². The fourth-order valence-corrected chi connectivity index (χ4v) is 1.59. The van der Waals surface area contributed by atoms with Crippen molar-refractivity contribution in [3.63, 3.8) is 0 Å². The average Bonchev–Trinajstić information content (AvgIpc) is 2.43. The molecule has 0 saturated heterocycles. The Balaban J connectivity index is 2.88. The van der Waals surface area contributed by atoms with Crippen molar-refractivity contribution in [3.05, 3.63) is 29.8 Å². The van der Waals surface area contributed by atoms with E-state index in [1.165, 1.54) is 7.11 Å². The molecule has 0 amide bonds. The first-order chi connectivity index (χ1) is 8.99. The third kappa shape index (κ3) is 4.05. The maximum Gasteiger partial charge on any atom is 0.329 e. The van der Waals surface area contributed by atoms with Crippen molar-refractivity contribution in [1.29, 1.82) is 0 Å². The maximum atomic E-state index is 11.1. The van der Waals surface area contributed by atoms with Gasteiger partial charge in [0.25, 0.3) is 0 Å². The lowest BCUT2D eigenvalue weighted by molar-refractivity contribution is -0.419. The molecule has 2 atom stereocenters. The first kappa shape index (κ1) is 15.2. The summed E-state index contributed by atoms with van der Waals surface area (Å²) < 4.78 is 4.99. The number of aliphatic hydroxyl groups is 1. The number of nitrogens with one attached hydrogen (secondary N) is 2. The Bertz CT molecular complexity index is 452. The summed E-state index contributed by atoms with van der Waals surface area (Å²) in [6.45, 7) is 0. The molecule has 104 valence electrons. The molecule has 0 saturated carbocycles. The van der Waals surface area contributed by atoms with Crippen LogP contribution in [0.3, 0.4) is 0 Å². The molecule has 1 rings (SSSR count). The van der Waals surface area contributed by atoms with Crippen LogP contribution >= 0.6 is 12.2 Å². The van der Waals surface area contributed by atoms with Crippen LogP contribution in [0.4, 0.5) is 0 Å². The van der Waals surface area contributed by atoms with Crippen molar-refractivity contribution < 1.29 is 25.6 Å². The first-order valence-electron chi connectivity index (χ1n) is 5.38. The Morgan fingerprint density at radius 1 is 1.42 bits per heavy atom. The Labute approximate surface area is 115 Å². The summed E-state index contributed by atoms with van der Waals surface area (Å²) in [5.74, 6) is 2.70. The van der Waals surface area contributed by atoms with E-state index in [4.69, 9.17) is 22.1 Å². The minimum absolute atomic E-state index is 0.0416. The molecule has 0 radical (unpaired) electrons. The predicted molar refractivity (Wildman–Crippen MR) is 71.1 cm³/mol. The number of aliphatic carboxylic acids is 1. The molecule has 0 spiro atoms. The number of benzene rings is 1. The van der Waals surface area contributed by atoms with Crippen LogP contribution in [0.1, 0.15) is 11.7 Å². The number of methoxy groups -OCH3 is 1. The smallest absolute Gasteiger partial charge is 0.329 e. The monoisotopic (exact) mass is 286 g/mol. The Hall–Kier alpha value is -1.90. The molecular formula is C11H16N3O4S+. The Morgan fingerprint density at radius 3 is 2.42 bits per heavy atom. The van der Waals surface area contributed by atoms with E-state index in [0.717, 1.165) is 0 Å². The molecule has 0 fully saturated rings. The quantitative estimate of drug-likeness (QED) is 0.341. The SMILES string of the molecule is COc1ccc(C(O)C(NC(=S)N[NH3+])C(=O)O)cc1. The zero-order chi connectivity index (χ0) is 14.4. The van der Waals surface area contributed by atoms with Crippen LogP contribution in [0.25, 0.3) is 0 Å². The van der Waals surface area contributed by atoms with E-state index in [2.05, 4.69) is 16.6 Å². The van der Waals surface area contributed by atoms with E-state index in [1.807, 2.05) is 0 Å². The molecule has 0 aliphatic carbocycles. The summed E-state index contributed by atoms with van der Waals surface area (Å²) in [7, 11) is 1.52. The molecule has 2 unspecified atom stereocenters. The van der Waals surface area contributed by atoms with Gasteiger partial charge in [0, 0.05) is 0 Å². The van der Waals surface area contributed by atoms with Crippen LogP contribution < -0.4 is 21.3 Å². The summed E-state index contributed by atoms with van der Waals surface area (Å²) in [6, 6.07) is 5.17. The second kappa shape index (κ2) is 6.88. The van der Waals surface area contributed by atoms with E-state index >= 15 is 0 Å². The van der Waals surface area contributed by atoms with E-state index in [9.17, 15) is 9.90 Å². The van der Waals surface area contributed by atoms with Crippen LogP contribution in [0.2, 0.25) is 0 Å². The van der Waals surface area contributed by atoms with E-state index in [-0.39, 0.29) is 5.11 Å². The summed E-state index contributed by atoms with van der Waals surface area (Å²) in [5.41, 5.74) is 2.79. The summed E-state index contributed by atoms with van der Waals surface area (Å²) >= 11 is 4.78. The molecule has 1 aromatic rings. The van der Waals surface area contributed by atoms with Crippen LogP contribution in [-0.2, 0) is 4.79 Å². The molecule has 7 N–H and O–H groups in total. The second-order valence-electron chi connectivity index (χ2n) is 3.68. The van der Waals surface area contributed by atoms with Gasteiger partial charge in [0.05, 0.1) is 7.11 Å². The lowest BCUT2D eigenvalue weighted by Gasteiger charge is -2.21. The normalized spacial score (nSPS) is 13.2. The largest absolute Gasteiger partial charge is 0.497 e. The molecule has 0 aromatic heterocycles. The van der Waals surface area contributed by atoms with Gasteiger partial charge in [-0.05, 0) is 29.9 Å². The average molecular weight is 286 g/mol. The number of ether oxygens (including phenoxy) is 1. The number of aliphatic hydroxyl groups excluding tert-OH is 1. The van der Waals surface area contributed by atoms with Crippen LogP contribution in [0, 0.1) is 0 Å². The molecule has 19 heavy (non-hydrogen) atoms. The third-order valence-electron chi connectivity index (χ3n) is 2.49. The Morgan fingerprint density at radius 2 is 2.00 bits per heavy atom. The third-order valence-corrected chi connectivity index (χ3v) is 2.75. The summed E-state index contributed by atoms with van der Waals surface area (Å²) in [6.07, 6.45) is -1.25. The van der Waals surface area contributed by atoms with Crippen LogP contribution in [-0.4, -0.2) is 34.4 Å².